The first-order valence-electron chi connectivity index (χ1n) is 11.8. The number of rotatable bonds is 10. The van der Waals surface area contributed by atoms with Crippen LogP contribution in [0.25, 0.3) is 16.7 Å². The molecule has 1 atom stereocenters. The lowest BCUT2D eigenvalue weighted by atomic mass is 9.85. The first kappa shape index (κ1) is 22.3. The standard InChI is InChI=1S/C28H36O2/c1-3-5-6-7-8-9-28(29)30-27-20-18-26(19-21-27)25-16-14-24(15-17-25)23-12-10-22(4-2)11-13-23/h12,14-22H,3-11,13H2,1-2H3. The van der Waals surface area contributed by atoms with Crippen LogP contribution in [0.1, 0.15) is 83.6 Å². The van der Waals surface area contributed by atoms with Gasteiger partial charge in [0.05, 0.1) is 0 Å². The van der Waals surface area contributed by atoms with E-state index in [1.54, 1.807) is 0 Å². The van der Waals surface area contributed by atoms with Crippen molar-refractivity contribution in [1.82, 2.24) is 0 Å². The number of allylic oxidation sites excluding steroid dienone is 2. The highest BCUT2D eigenvalue weighted by atomic mass is 16.5. The molecule has 0 bridgehead atoms. The Balaban J connectivity index is 1.52. The van der Waals surface area contributed by atoms with Gasteiger partial charge in [-0.25, -0.2) is 0 Å². The summed E-state index contributed by atoms with van der Waals surface area (Å²) in [6.45, 7) is 4.49. The van der Waals surface area contributed by atoms with Crippen LogP contribution in [0.5, 0.6) is 5.75 Å². The van der Waals surface area contributed by atoms with E-state index in [0.717, 1.165) is 24.3 Å². The summed E-state index contributed by atoms with van der Waals surface area (Å²) >= 11 is 0. The lowest BCUT2D eigenvalue weighted by molar-refractivity contribution is -0.134. The summed E-state index contributed by atoms with van der Waals surface area (Å²) in [7, 11) is 0. The molecule has 2 heteroatoms. The lowest BCUT2D eigenvalue weighted by Gasteiger charge is -2.20. The molecule has 0 aromatic heterocycles. The van der Waals surface area contributed by atoms with Crippen molar-refractivity contribution in [1.29, 1.82) is 0 Å². The fraction of sp³-hybridized carbons (Fsp3) is 0.464. The molecule has 0 saturated heterocycles. The third-order valence-electron chi connectivity index (χ3n) is 6.26. The summed E-state index contributed by atoms with van der Waals surface area (Å²) < 4.78 is 5.48. The smallest absolute Gasteiger partial charge is 0.311 e. The Morgan fingerprint density at radius 2 is 1.50 bits per heavy atom. The van der Waals surface area contributed by atoms with Gasteiger partial charge in [0.25, 0.3) is 0 Å². The number of unbranched alkanes of at least 4 members (excludes halogenated alkanes) is 4. The molecule has 0 N–H and O–H groups in total. The Morgan fingerprint density at radius 3 is 2.10 bits per heavy atom. The van der Waals surface area contributed by atoms with Crippen LogP contribution in [-0.4, -0.2) is 5.97 Å². The van der Waals surface area contributed by atoms with Crippen LogP contribution < -0.4 is 4.74 Å². The molecular weight excluding hydrogens is 368 g/mol. The summed E-state index contributed by atoms with van der Waals surface area (Å²) in [4.78, 5) is 12.0. The van der Waals surface area contributed by atoms with Crippen molar-refractivity contribution in [3.05, 3.63) is 60.2 Å². The molecule has 3 rings (SSSR count). The second-order valence-corrected chi connectivity index (χ2v) is 8.52. The number of hydrogen-bond donors (Lipinski definition) is 0. The molecule has 1 unspecified atom stereocenters. The van der Waals surface area contributed by atoms with E-state index < -0.39 is 0 Å². The number of benzene rings is 2. The van der Waals surface area contributed by atoms with Gasteiger partial charge in [-0.1, -0.05) is 88.4 Å². The van der Waals surface area contributed by atoms with Gasteiger partial charge in [-0.15, -0.1) is 0 Å². The van der Waals surface area contributed by atoms with E-state index in [0.29, 0.717) is 12.2 Å². The molecule has 0 heterocycles. The van der Waals surface area contributed by atoms with Crippen LogP contribution in [0.2, 0.25) is 0 Å². The maximum Gasteiger partial charge on any atom is 0.311 e. The van der Waals surface area contributed by atoms with Crippen molar-refractivity contribution < 1.29 is 9.53 Å². The van der Waals surface area contributed by atoms with E-state index in [2.05, 4.69) is 44.2 Å². The third-order valence-corrected chi connectivity index (χ3v) is 6.26. The fourth-order valence-corrected chi connectivity index (χ4v) is 4.17. The minimum absolute atomic E-state index is 0.130. The van der Waals surface area contributed by atoms with Gasteiger partial charge in [0.1, 0.15) is 5.75 Å². The van der Waals surface area contributed by atoms with Gasteiger partial charge in [-0.2, -0.15) is 0 Å². The molecular formula is C28H36O2. The van der Waals surface area contributed by atoms with E-state index in [1.165, 1.54) is 61.6 Å². The maximum absolute atomic E-state index is 12.0. The lowest BCUT2D eigenvalue weighted by Crippen LogP contribution is -2.07. The molecule has 2 nitrogen and oxygen atoms in total. The SMILES string of the molecule is CCCCCCCC(=O)Oc1ccc(-c2ccc(C3=CCC(CC)CC3)cc2)cc1. The molecule has 0 spiro atoms. The zero-order chi connectivity index (χ0) is 21.2. The third kappa shape index (κ3) is 6.58. The van der Waals surface area contributed by atoms with Crippen molar-refractivity contribution in [3.8, 4) is 16.9 Å². The Labute approximate surface area is 182 Å². The Morgan fingerprint density at radius 1 is 0.867 bits per heavy atom. The summed E-state index contributed by atoms with van der Waals surface area (Å²) in [6, 6.07) is 16.7. The molecule has 1 aliphatic rings. The summed E-state index contributed by atoms with van der Waals surface area (Å²) in [6.07, 6.45) is 13.6. The topological polar surface area (TPSA) is 26.3 Å². The molecule has 160 valence electrons. The first-order valence-corrected chi connectivity index (χ1v) is 11.8. The Kier molecular flexibility index (Phi) is 8.74. The quantitative estimate of drug-likeness (QED) is 0.226. The molecule has 0 aliphatic heterocycles. The van der Waals surface area contributed by atoms with E-state index >= 15 is 0 Å². The van der Waals surface area contributed by atoms with E-state index in [9.17, 15) is 4.79 Å². The Bertz CT molecular complexity index is 815. The molecule has 1 aliphatic carbocycles. The summed E-state index contributed by atoms with van der Waals surface area (Å²) in [5.41, 5.74) is 5.17. The van der Waals surface area contributed by atoms with Crippen LogP contribution in [-0.2, 0) is 4.79 Å². The van der Waals surface area contributed by atoms with Gasteiger partial charge < -0.3 is 4.74 Å². The van der Waals surface area contributed by atoms with Crippen molar-refractivity contribution >= 4 is 11.5 Å². The molecule has 0 radical (unpaired) electrons. The van der Waals surface area contributed by atoms with Crippen LogP contribution in [0, 0.1) is 5.92 Å². The van der Waals surface area contributed by atoms with Crippen molar-refractivity contribution in [3.63, 3.8) is 0 Å². The van der Waals surface area contributed by atoms with Gasteiger partial charge in [0.15, 0.2) is 0 Å². The largest absolute Gasteiger partial charge is 0.427 e. The predicted molar refractivity (Wildman–Crippen MR) is 126 cm³/mol. The Hall–Kier alpha value is -2.35. The van der Waals surface area contributed by atoms with E-state index in [4.69, 9.17) is 4.74 Å². The predicted octanol–water partition coefficient (Wildman–Crippen LogP) is 8.21. The monoisotopic (exact) mass is 404 g/mol. The minimum atomic E-state index is -0.130. The van der Waals surface area contributed by atoms with Crippen LogP contribution >= 0.6 is 0 Å². The number of carbonyl (C=O) groups excluding carboxylic acids is 1. The summed E-state index contributed by atoms with van der Waals surface area (Å²) in [5.74, 6) is 1.36. The fourth-order valence-electron chi connectivity index (χ4n) is 4.17. The van der Waals surface area contributed by atoms with Crippen molar-refractivity contribution in [2.24, 2.45) is 5.92 Å². The minimum Gasteiger partial charge on any atom is -0.427 e. The molecule has 2 aromatic rings. The van der Waals surface area contributed by atoms with Crippen molar-refractivity contribution in [2.45, 2.75) is 78.1 Å². The number of esters is 1. The second kappa shape index (κ2) is 11.7. The van der Waals surface area contributed by atoms with Crippen LogP contribution in [0.15, 0.2) is 54.6 Å². The molecule has 2 aromatic carbocycles. The second-order valence-electron chi connectivity index (χ2n) is 8.52. The van der Waals surface area contributed by atoms with Gasteiger partial charge >= 0.3 is 5.97 Å². The number of hydrogen-bond acceptors (Lipinski definition) is 2. The molecule has 0 fully saturated rings. The van der Waals surface area contributed by atoms with E-state index in [1.807, 2.05) is 24.3 Å². The number of carbonyl (C=O) groups is 1. The van der Waals surface area contributed by atoms with Gasteiger partial charge in [-0.3, -0.25) is 4.79 Å². The first-order chi connectivity index (χ1) is 14.7. The van der Waals surface area contributed by atoms with Gasteiger partial charge in [0.2, 0.25) is 0 Å². The van der Waals surface area contributed by atoms with E-state index in [-0.39, 0.29) is 5.97 Å². The average molecular weight is 405 g/mol. The van der Waals surface area contributed by atoms with Crippen molar-refractivity contribution in [2.75, 3.05) is 0 Å². The van der Waals surface area contributed by atoms with Crippen LogP contribution in [0.4, 0.5) is 0 Å². The maximum atomic E-state index is 12.0. The molecule has 30 heavy (non-hydrogen) atoms. The van der Waals surface area contributed by atoms with Crippen LogP contribution in [0.3, 0.4) is 0 Å². The molecule has 0 saturated carbocycles. The highest BCUT2D eigenvalue weighted by Crippen LogP contribution is 2.32. The summed E-state index contributed by atoms with van der Waals surface area (Å²) in [5, 5.41) is 0. The highest BCUT2D eigenvalue weighted by Gasteiger charge is 2.13. The molecule has 0 amide bonds. The highest BCUT2D eigenvalue weighted by molar-refractivity contribution is 5.73. The van der Waals surface area contributed by atoms with Gasteiger partial charge in [-0.05, 0) is 66.0 Å². The zero-order valence-corrected chi connectivity index (χ0v) is 18.7. The zero-order valence-electron chi connectivity index (χ0n) is 18.7. The average Bonchev–Trinajstić information content (AvgIpc) is 2.80. The van der Waals surface area contributed by atoms with Gasteiger partial charge in [0, 0.05) is 6.42 Å². The normalized spacial score (nSPS) is 16.2. The number of ether oxygens (including phenoxy) is 1.